The zero-order chi connectivity index (χ0) is 28.3. The fraction of sp³-hybridized carbons (Fsp3) is 0. The van der Waals surface area contributed by atoms with Crippen molar-refractivity contribution >= 4 is 54.9 Å². The number of thiazole rings is 1. The fourth-order valence-corrected chi connectivity index (χ4v) is 7.29. The first kappa shape index (κ1) is 24.1. The molecular formula is C37H23N5S. The summed E-state index contributed by atoms with van der Waals surface area (Å²) < 4.78 is 4.74. The van der Waals surface area contributed by atoms with E-state index in [-0.39, 0.29) is 0 Å². The SMILES string of the molecule is c1ccc(-n2c3ccccc3c3c4c5ccccc5n(-c5cnc(-c6cccc(-c7ncccn7)c6)s5)c4ccc32)cc1. The van der Waals surface area contributed by atoms with Crippen LogP contribution in [0.2, 0.25) is 0 Å². The molecule has 6 heteroatoms. The van der Waals surface area contributed by atoms with Gasteiger partial charge in [-0.3, -0.25) is 4.57 Å². The van der Waals surface area contributed by atoms with Gasteiger partial charge in [0.2, 0.25) is 0 Å². The number of rotatable bonds is 4. The van der Waals surface area contributed by atoms with Gasteiger partial charge < -0.3 is 4.57 Å². The Bertz CT molecular complexity index is 2450. The number of nitrogens with zero attached hydrogens (tertiary/aromatic N) is 5. The van der Waals surface area contributed by atoms with E-state index in [4.69, 9.17) is 4.98 Å². The van der Waals surface area contributed by atoms with Crippen molar-refractivity contribution < 1.29 is 0 Å². The Labute approximate surface area is 251 Å². The molecular weight excluding hydrogens is 547 g/mol. The zero-order valence-electron chi connectivity index (χ0n) is 22.9. The van der Waals surface area contributed by atoms with Gasteiger partial charge in [-0.2, -0.15) is 0 Å². The zero-order valence-corrected chi connectivity index (χ0v) is 23.7. The number of para-hydroxylation sites is 3. The van der Waals surface area contributed by atoms with Gasteiger partial charge in [-0.05, 0) is 48.5 Å². The number of benzene rings is 5. The topological polar surface area (TPSA) is 48.5 Å². The van der Waals surface area contributed by atoms with Crippen LogP contribution < -0.4 is 0 Å². The van der Waals surface area contributed by atoms with Crippen LogP contribution in [0.4, 0.5) is 0 Å². The summed E-state index contributed by atoms with van der Waals surface area (Å²) in [4.78, 5) is 13.8. The predicted octanol–water partition coefficient (Wildman–Crippen LogP) is 9.46. The molecule has 202 valence electrons. The lowest BCUT2D eigenvalue weighted by atomic mass is 10.1. The van der Waals surface area contributed by atoms with Crippen LogP contribution in [-0.4, -0.2) is 24.1 Å². The van der Waals surface area contributed by atoms with Crippen LogP contribution in [0.5, 0.6) is 0 Å². The van der Waals surface area contributed by atoms with Gasteiger partial charge in [0.1, 0.15) is 10.0 Å². The van der Waals surface area contributed by atoms with Gasteiger partial charge in [-0.25, -0.2) is 15.0 Å². The van der Waals surface area contributed by atoms with E-state index < -0.39 is 0 Å². The summed E-state index contributed by atoms with van der Waals surface area (Å²) in [7, 11) is 0. The monoisotopic (exact) mass is 569 g/mol. The van der Waals surface area contributed by atoms with Gasteiger partial charge >= 0.3 is 0 Å². The molecule has 9 rings (SSSR count). The van der Waals surface area contributed by atoms with Crippen molar-refractivity contribution in [1.82, 2.24) is 24.1 Å². The van der Waals surface area contributed by atoms with Crippen molar-refractivity contribution in [3.8, 4) is 32.6 Å². The number of hydrogen-bond acceptors (Lipinski definition) is 4. The fourth-order valence-electron chi connectivity index (χ4n) is 6.35. The number of hydrogen-bond donors (Lipinski definition) is 0. The second-order valence-corrected chi connectivity index (χ2v) is 11.6. The third-order valence-corrected chi connectivity index (χ3v) is 9.17. The molecule has 4 heterocycles. The molecule has 0 atom stereocenters. The predicted molar refractivity (Wildman–Crippen MR) is 177 cm³/mol. The molecule has 0 aliphatic rings. The highest BCUT2D eigenvalue weighted by Gasteiger charge is 2.21. The van der Waals surface area contributed by atoms with E-state index in [2.05, 4.69) is 122 Å². The van der Waals surface area contributed by atoms with Crippen molar-refractivity contribution in [2.45, 2.75) is 0 Å². The summed E-state index contributed by atoms with van der Waals surface area (Å²) in [5, 5.41) is 7.05. The number of fused-ring (bicyclic) bond motifs is 7. The van der Waals surface area contributed by atoms with E-state index in [0.717, 1.165) is 26.8 Å². The first-order valence-electron chi connectivity index (χ1n) is 14.2. The molecule has 0 N–H and O–H groups in total. The Morgan fingerprint density at radius 3 is 1.86 bits per heavy atom. The van der Waals surface area contributed by atoms with Crippen molar-refractivity contribution in [2.24, 2.45) is 0 Å². The van der Waals surface area contributed by atoms with Crippen LogP contribution >= 0.6 is 11.3 Å². The summed E-state index contributed by atoms with van der Waals surface area (Å²) in [6, 6.07) is 42.7. The van der Waals surface area contributed by atoms with E-state index >= 15 is 0 Å². The van der Waals surface area contributed by atoms with Gasteiger partial charge in [0.05, 0.1) is 28.3 Å². The van der Waals surface area contributed by atoms with Crippen molar-refractivity contribution in [3.05, 3.63) is 140 Å². The Hall–Kier alpha value is -5.59. The highest BCUT2D eigenvalue weighted by atomic mass is 32.1. The molecule has 0 aliphatic carbocycles. The second-order valence-electron chi connectivity index (χ2n) is 10.6. The van der Waals surface area contributed by atoms with Crippen molar-refractivity contribution in [2.75, 3.05) is 0 Å². The maximum absolute atomic E-state index is 4.90. The Morgan fingerprint density at radius 1 is 0.488 bits per heavy atom. The van der Waals surface area contributed by atoms with Crippen LogP contribution in [0.15, 0.2) is 140 Å². The molecule has 5 nitrogen and oxygen atoms in total. The third-order valence-electron chi connectivity index (χ3n) is 8.13. The van der Waals surface area contributed by atoms with E-state index in [9.17, 15) is 0 Å². The second kappa shape index (κ2) is 9.48. The Morgan fingerprint density at radius 2 is 1.12 bits per heavy atom. The van der Waals surface area contributed by atoms with E-state index in [1.165, 1.54) is 43.6 Å². The first-order valence-corrected chi connectivity index (χ1v) is 15.0. The molecule has 0 spiro atoms. The molecule has 9 aromatic rings. The van der Waals surface area contributed by atoms with Crippen LogP contribution in [0.25, 0.3) is 76.3 Å². The smallest absolute Gasteiger partial charge is 0.159 e. The van der Waals surface area contributed by atoms with Gasteiger partial charge in [0.15, 0.2) is 5.82 Å². The lowest BCUT2D eigenvalue weighted by Crippen LogP contribution is -1.93. The maximum atomic E-state index is 4.90. The largest absolute Gasteiger partial charge is 0.309 e. The van der Waals surface area contributed by atoms with Crippen molar-refractivity contribution in [1.29, 1.82) is 0 Å². The molecule has 0 bridgehead atoms. The normalized spacial score (nSPS) is 11.7. The lowest BCUT2D eigenvalue weighted by molar-refractivity contribution is 1.18. The van der Waals surface area contributed by atoms with E-state index in [0.29, 0.717) is 5.82 Å². The highest BCUT2D eigenvalue weighted by Crippen LogP contribution is 2.43. The van der Waals surface area contributed by atoms with Crippen LogP contribution in [0, 0.1) is 0 Å². The molecule has 0 radical (unpaired) electrons. The van der Waals surface area contributed by atoms with Gasteiger partial charge in [0, 0.05) is 50.8 Å². The minimum atomic E-state index is 0.710. The van der Waals surface area contributed by atoms with Crippen molar-refractivity contribution in [3.63, 3.8) is 0 Å². The van der Waals surface area contributed by atoms with Gasteiger partial charge in [-0.15, -0.1) is 0 Å². The average Bonchev–Trinajstić information content (AvgIpc) is 3.78. The van der Waals surface area contributed by atoms with Gasteiger partial charge in [-0.1, -0.05) is 84.1 Å². The Balaban J connectivity index is 1.29. The molecule has 0 saturated carbocycles. The molecule has 5 aromatic carbocycles. The minimum Gasteiger partial charge on any atom is -0.309 e. The van der Waals surface area contributed by atoms with Crippen LogP contribution in [0.1, 0.15) is 0 Å². The molecule has 0 fully saturated rings. The standard InChI is InChI=1S/C37H23N5S/c1-2-12-26(13-3-1)41-29-16-6-4-14-27(29)34-31(41)18-19-32-35(34)28-15-5-7-17-30(28)42(32)33-23-40-37(43-33)25-11-8-10-24(22-25)36-38-20-9-21-39-36/h1-23H. The third kappa shape index (κ3) is 3.67. The quantitative estimate of drug-likeness (QED) is 0.212. The molecule has 0 saturated heterocycles. The van der Waals surface area contributed by atoms with Gasteiger partial charge in [0.25, 0.3) is 0 Å². The molecule has 0 unspecified atom stereocenters. The van der Waals surface area contributed by atoms with E-state index in [1.807, 2.05) is 24.4 Å². The molecule has 0 amide bonds. The minimum absolute atomic E-state index is 0.710. The summed E-state index contributed by atoms with van der Waals surface area (Å²) in [6.45, 7) is 0. The van der Waals surface area contributed by atoms with Crippen LogP contribution in [-0.2, 0) is 0 Å². The number of aromatic nitrogens is 5. The molecule has 4 aromatic heterocycles. The van der Waals surface area contributed by atoms with E-state index in [1.54, 1.807) is 23.7 Å². The lowest BCUT2D eigenvalue weighted by Gasteiger charge is -2.08. The summed E-state index contributed by atoms with van der Waals surface area (Å²) in [6.07, 6.45) is 5.54. The average molecular weight is 570 g/mol. The summed E-state index contributed by atoms with van der Waals surface area (Å²) in [5.74, 6) is 0.710. The molecule has 43 heavy (non-hydrogen) atoms. The Kier molecular flexibility index (Phi) is 5.30. The summed E-state index contributed by atoms with van der Waals surface area (Å²) in [5.41, 5.74) is 7.93. The highest BCUT2D eigenvalue weighted by molar-refractivity contribution is 7.17. The first-order chi connectivity index (χ1) is 21.3. The summed E-state index contributed by atoms with van der Waals surface area (Å²) >= 11 is 1.69. The molecule has 0 aliphatic heterocycles. The van der Waals surface area contributed by atoms with Crippen LogP contribution in [0.3, 0.4) is 0 Å². The maximum Gasteiger partial charge on any atom is 0.159 e.